The van der Waals surface area contributed by atoms with E-state index in [0.717, 1.165) is 11.1 Å². The molecule has 1 amide bonds. The first-order chi connectivity index (χ1) is 15.5. The lowest BCUT2D eigenvalue weighted by Crippen LogP contribution is -2.27. The van der Waals surface area contributed by atoms with Gasteiger partial charge in [0.05, 0.1) is 13.0 Å². The van der Waals surface area contributed by atoms with Crippen LogP contribution in [0.15, 0.2) is 78.9 Å². The van der Waals surface area contributed by atoms with E-state index in [0.29, 0.717) is 17.0 Å². The van der Waals surface area contributed by atoms with Crippen molar-refractivity contribution in [3.05, 3.63) is 84.4 Å². The Morgan fingerprint density at radius 1 is 0.906 bits per heavy atom. The first kappa shape index (κ1) is 21.3. The van der Waals surface area contributed by atoms with Gasteiger partial charge in [0.15, 0.2) is 12.4 Å². The molecule has 0 saturated carbocycles. The van der Waals surface area contributed by atoms with Gasteiger partial charge in [-0.25, -0.2) is 0 Å². The third-order valence-corrected chi connectivity index (χ3v) is 5.50. The lowest BCUT2D eigenvalue weighted by molar-refractivity contribution is -0.147. The van der Waals surface area contributed by atoms with Crippen molar-refractivity contribution in [1.82, 2.24) is 0 Å². The molecule has 1 aliphatic heterocycles. The number of anilines is 1. The molecule has 0 N–H and O–H groups in total. The summed E-state index contributed by atoms with van der Waals surface area (Å²) >= 11 is 0. The first-order valence-electron chi connectivity index (χ1n) is 10.3. The number of hydrogen-bond acceptors (Lipinski definition) is 5. The molecule has 6 heteroatoms. The number of amides is 1. The van der Waals surface area contributed by atoms with Gasteiger partial charge in [0.25, 0.3) is 0 Å². The standard InChI is InChI=1S/C26H23NO5/c1-31-23-13-11-22(12-14-23)27-16-21(15-25(27)29)26(30)32-17-24(28)20-9-7-19(8-10-20)18-5-3-2-4-6-18/h2-14,21H,15-17H2,1H3. The normalized spacial score (nSPS) is 15.5. The van der Waals surface area contributed by atoms with Crippen LogP contribution >= 0.6 is 0 Å². The highest BCUT2D eigenvalue weighted by atomic mass is 16.5. The van der Waals surface area contributed by atoms with E-state index in [4.69, 9.17) is 9.47 Å². The molecule has 162 valence electrons. The van der Waals surface area contributed by atoms with Crippen LogP contribution in [0.1, 0.15) is 16.8 Å². The monoisotopic (exact) mass is 429 g/mol. The largest absolute Gasteiger partial charge is 0.497 e. The van der Waals surface area contributed by atoms with Gasteiger partial charge in [-0.15, -0.1) is 0 Å². The van der Waals surface area contributed by atoms with Crippen LogP contribution in [-0.2, 0) is 14.3 Å². The summed E-state index contributed by atoms with van der Waals surface area (Å²) < 4.78 is 10.4. The fourth-order valence-corrected chi connectivity index (χ4v) is 3.69. The average Bonchev–Trinajstić information content (AvgIpc) is 3.24. The van der Waals surface area contributed by atoms with E-state index < -0.39 is 11.9 Å². The summed E-state index contributed by atoms with van der Waals surface area (Å²) in [5.74, 6) is -0.887. The summed E-state index contributed by atoms with van der Waals surface area (Å²) in [6, 6.07) is 24.1. The minimum Gasteiger partial charge on any atom is -0.497 e. The van der Waals surface area contributed by atoms with Crippen molar-refractivity contribution in [2.24, 2.45) is 5.92 Å². The summed E-state index contributed by atoms with van der Waals surface area (Å²) in [7, 11) is 1.57. The van der Waals surface area contributed by atoms with Crippen LogP contribution in [0.5, 0.6) is 5.75 Å². The van der Waals surface area contributed by atoms with E-state index in [9.17, 15) is 14.4 Å². The Bertz CT molecular complexity index is 1110. The highest BCUT2D eigenvalue weighted by molar-refractivity contribution is 6.01. The SMILES string of the molecule is COc1ccc(N2CC(C(=O)OCC(=O)c3ccc(-c4ccccc4)cc3)CC2=O)cc1. The number of hydrogen-bond donors (Lipinski definition) is 0. The van der Waals surface area contributed by atoms with E-state index >= 15 is 0 Å². The molecule has 1 aliphatic rings. The van der Waals surface area contributed by atoms with Crippen molar-refractivity contribution in [2.45, 2.75) is 6.42 Å². The second kappa shape index (κ2) is 9.47. The molecule has 4 rings (SSSR count). The zero-order valence-electron chi connectivity index (χ0n) is 17.7. The summed E-state index contributed by atoms with van der Waals surface area (Å²) in [6.45, 7) is -0.124. The number of rotatable bonds is 7. The maximum Gasteiger partial charge on any atom is 0.311 e. The molecule has 1 atom stereocenters. The number of ketones is 1. The fourth-order valence-electron chi connectivity index (χ4n) is 3.69. The molecular weight excluding hydrogens is 406 g/mol. The quantitative estimate of drug-likeness (QED) is 0.417. The molecule has 1 heterocycles. The second-order valence-electron chi connectivity index (χ2n) is 7.58. The number of nitrogens with zero attached hydrogens (tertiary/aromatic N) is 1. The summed E-state index contributed by atoms with van der Waals surface area (Å²) in [6.07, 6.45) is 0.0603. The number of Topliss-reactive ketones (excluding diaryl/α,β-unsaturated/α-hetero) is 1. The van der Waals surface area contributed by atoms with Gasteiger partial charge in [-0.3, -0.25) is 14.4 Å². The minimum atomic E-state index is -0.599. The van der Waals surface area contributed by atoms with Crippen LogP contribution in [0.3, 0.4) is 0 Å². The Labute approximate surface area is 186 Å². The number of benzene rings is 3. The predicted molar refractivity (Wildman–Crippen MR) is 121 cm³/mol. The van der Waals surface area contributed by atoms with Gasteiger partial charge in [0, 0.05) is 24.2 Å². The Balaban J connectivity index is 1.32. The van der Waals surface area contributed by atoms with Crippen molar-refractivity contribution >= 4 is 23.3 Å². The van der Waals surface area contributed by atoms with Crippen molar-refractivity contribution in [2.75, 3.05) is 25.2 Å². The third-order valence-electron chi connectivity index (χ3n) is 5.50. The molecule has 0 aliphatic carbocycles. The van der Waals surface area contributed by atoms with E-state index in [1.165, 1.54) is 0 Å². The molecule has 1 saturated heterocycles. The molecule has 32 heavy (non-hydrogen) atoms. The van der Waals surface area contributed by atoms with E-state index in [1.54, 1.807) is 48.4 Å². The van der Waals surface area contributed by atoms with Gasteiger partial charge in [0.1, 0.15) is 5.75 Å². The molecule has 0 bridgehead atoms. The average molecular weight is 429 g/mol. The molecule has 0 spiro atoms. The van der Waals surface area contributed by atoms with Crippen molar-refractivity contribution in [3.63, 3.8) is 0 Å². The van der Waals surface area contributed by atoms with Crippen molar-refractivity contribution < 1.29 is 23.9 Å². The maximum absolute atomic E-state index is 12.5. The van der Waals surface area contributed by atoms with Crippen molar-refractivity contribution in [1.29, 1.82) is 0 Å². The molecule has 6 nitrogen and oxygen atoms in total. The lowest BCUT2D eigenvalue weighted by atomic mass is 10.0. The maximum atomic E-state index is 12.5. The van der Waals surface area contributed by atoms with Gasteiger partial charge in [-0.1, -0.05) is 54.6 Å². The highest BCUT2D eigenvalue weighted by Crippen LogP contribution is 2.27. The zero-order chi connectivity index (χ0) is 22.5. The Kier molecular flexibility index (Phi) is 6.31. The summed E-state index contributed by atoms with van der Waals surface area (Å²) in [5.41, 5.74) is 3.23. The zero-order valence-corrected chi connectivity index (χ0v) is 17.7. The topological polar surface area (TPSA) is 72.9 Å². The highest BCUT2D eigenvalue weighted by Gasteiger charge is 2.36. The number of ether oxygens (including phenoxy) is 2. The second-order valence-corrected chi connectivity index (χ2v) is 7.58. The van der Waals surface area contributed by atoms with Gasteiger partial charge in [-0.2, -0.15) is 0 Å². The molecule has 0 aromatic heterocycles. The van der Waals surface area contributed by atoms with Crippen molar-refractivity contribution in [3.8, 4) is 16.9 Å². The number of methoxy groups -OCH3 is 1. The molecule has 3 aromatic rings. The van der Waals surface area contributed by atoms with Gasteiger partial charge in [-0.05, 0) is 35.4 Å². The third kappa shape index (κ3) is 4.70. The van der Waals surface area contributed by atoms with Crippen LogP contribution in [-0.4, -0.2) is 37.9 Å². The van der Waals surface area contributed by atoms with Crippen LogP contribution < -0.4 is 9.64 Å². The fraction of sp³-hybridized carbons (Fsp3) is 0.192. The van der Waals surface area contributed by atoms with Gasteiger partial charge >= 0.3 is 5.97 Å². The summed E-state index contributed by atoms with van der Waals surface area (Å²) in [5, 5.41) is 0. The molecule has 1 fully saturated rings. The Morgan fingerprint density at radius 3 is 2.22 bits per heavy atom. The van der Waals surface area contributed by atoms with Crippen LogP contribution in [0.2, 0.25) is 0 Å². The minimum absolute atomic E-state index is 0.0603. The molecule has 0 radical (unpaired) electrons. The first-order valence-corrected chi connectivity index (χ1v) is 10.3. The van der Waals surface area contributed by atoms with E-state index in [1.807, 2.05) is 42.5 Å². The number of carbonyl (C=O) groups excluding carboxylic acids is 3. The van der Waals surface area contributed by atoms with Gasteiger partial charge in [0.2, 0.25) is 5.91 Å². The molecule has 3 aromatic carbocycles. The van der Waals surface area contributed by atoms with Crippen LogP contribution in [0.4, 0.5) is 5.69 Å². The Morgan fingerprint density at radius 2 is 1.56 bits per heavy atom. The van der Waals surface area contributed by atoms with E-state index in [-0.39, 0.29) is 31.3 Å². The molecular formula is C26H23NO5. The van der Waals surface area contributed by atoms with Gasteiger partial charge < -0.3 is 14.4 Å². The lowest BCUT2D eigenvalue weighted by Gasteiger charge is -2.16. The summed E-state index contributed by atoms with van der Waals surface area (Å²) in [4.78, 5) is 38.8. The van der Waals surface area contributed by atoms with Crippen LogP contribution in [0.25, 0.3) is 11.1 Å². The number of esters is 1. The predicted octanol–water partition coefficient (Wildman–Crippen LogP) is 4.14. The Hall–Kier alpha value is -3.93. The number of carbonyl (C=O) groups is 3. The molecule has 1 unspecified atom stereocenters. The van der Waals surface area contributed by atoms with E-state index in [2.05, 4.69) is 0 Å². The smallest absolute Gasteiger partial charge is 0.311 e. The van der Waals surface area contributed by atoms with Crippen LogP contribution in [0, 0.1) is 5.92 Å².